The van der Waals surface area contributed by atoms with Crippen LogP contribution in [-0.2, 0) is 34.0 Å². The third-order valence-electron chi connectivity index (χ3n) is 7.88. The van der Waals surface area contributed by atoms with Gasteiger partial charge in [-0.25, -0.2) is 13.9 Å². The van der Waals surface area contributed by atoms with E-state index < -0.39 is 23.0 Å². The highest BCUT2D eigenvalue weighted by molar-refractivity contribution is 7.80. The van der Waals surface area contributed by atoms with E-state index in [1.165, 1.54) is 12.1 Å². The number of carboxylic acids is 1. The maximum absolute atomic E-state index is 13.0. The summed E-state index contributed by atoms with van der Waals surface area (Å²) in [6, 6.07) is 42.6. The number of carbonyl (C=O) groups is 2. The van der Waals surface area contributed by atoms with Crippen molar-refractivity contribution in [3.8, 4) is 28.0 Å². The first kappa shape index (κ1) is 34.7. The Kier molecular flexibility index (Phi) is 11.3. The van der Waals surface area contributed by atoms with Gasteiger partial charge in [-0.1, -0.05) is 78.9 Å². The molecule has 10 nitrogen and oxygen atoms in total. The molecule has 1 amide bonds. The molecule has 256 valence electrons. The molecule has 6 aromatic rings. The van der Waals surface area contributed by atoms with Gasteiger partial charge in [0.1, 0.15) is 12.4 Å². The Hall–Kier alpha value is -6.11. The largest absolute Gasteiger partial charge is 0.478 e. The first-order valence-corrected chi connectivity index (χ1v) is 16.8. The topological polar surface area (TPSA) is 143 Å². The summed E-state index contributed by atoms with van der Waals surface area (Å²) >= 11 is -1.85. The first-order valence-electron chi connectivity index (χ1n) is 15.7. The zero-order chi connectivity index (χ0) is 35.6. The Balaban J connectivity index is 1.02. The average molecular weight is 701 g/mol. The van der Waals surface area contributed by atoms with Crippen molar-refractivity contribution in [2.75, 3.05) is 10.8 Å². The first-order chi connectivity index (χ1) is 24.9. The van der Waals surface area contributed by atoms with Gasteiger partial charge >= 0.3 is 5.97 Å². The molecule has 0 aliphatic heterocycles. The zero-order valence-corrected chi connectivity index (χ0v) is 27.8. The van der Waals surface area contributed by atoms with Crippen LogP contribution in [0, 0.1) is 0 Å². The van der Waals surface area contributed by atoms with Crippen molar-refractivity contribution < 1.29 is 38.1 Å². The summed E-state index contributed by atoms with van der Waals surface area (Å²) in [5, 5.41) is 21.6. The lowest BCUT2D eigenvalue weighted by molar-refractivity contribution is -0.253. The number of amides is 1. The van der Waals surface area contributed by atoms with E-state index in [1.54, 1.807) is 54.6 Å². The molecule has 0 fully saturated rings. The molecule has 0 heterocycles. The van der Waals surface area contributed by atoms with Crippen molar-refractivity contribution in [3.63, 3.8) is 0 Å². The Morgan fingerprint density at radius 1 is 0.608 bits per heavy atom. The van der Waals surface area contributed by atoms with Gasteiger partial charge in [0.05, 0.1) is 28.3 Å². The molecule has 0 aliphatic carbocycles. The Morgan fingerprint density at radius 3 is 1.84 bits per heavy atom. The molecule has 0 saturated carbocycles. The monoisotopic (exact) mass is 700 g/mol. The molecular weight excluding hydrogens is 669 g/mol. The van der Waals surface area contributed by atoms with E-state index in [2.05, 4.69) is 15.7 Å². The second-order valence-corrected chi connectivity index (χ2v) is 12.4. The van der Waals surface area contributed by atoms with Crippen molar-refractivity contribution in [1.82, 2.24) is 0 Å². The van der Waals surface area contributed by atoms with Crippen LogP contribution in [0.25, 0.3) is 22.3 Å². The molecule has 0 saturated heterocycles. The van der Waals surface area contributed by atoms with Crippen LogP contribution in [0.15, 0.2) is 150 Å². The van der Waals surface area contributed by atoms with E-state index >= 15 is 0 Å². The van der Waals surface area contributed by atoms with Crippen molar-refractivity contribution in [2.24, 2.45) is 0 Å². The van der Waals surface area contributed by atoms with Crippen molar-refractivity contribution in [1.29, 1.82) is 0 Å². The smallest absolute Gasteiger partial charge is 0.336 e. The van der Waals surface area contributed by atoms with Crippen LogP contribution in [-0.4, -0.2) is 26.4 Å². The second-order valence-electron chi connectivity index (χ2n) is 11.3. The lowest BCUT2D eigenvalue weighted by atomic mass is 9.98. The number of anilines is 2. The number of aromatic carboxylic acids is 1. The molecule has 11 heteroatoms. The molecule has 0 spiro atoms. The third-order valence-corrected chi connectivity index (χ3v) is 8.88. The third kappa shape index (κ3) is 8.93. The zero-order valence-electron chi connectivity index (χ0n) is 27.0. The normalized spacial score (nSPS) is 11.4. The van der Waals surface area contributed by atoms with E-state index in [9.17, 15) is 18.9 Å². The quantitative estimate of drug-likeness (QED) is 0.0649. The van der Waals surface area contributed by atoms with Gasteiger partial charge in [-0.15, -0.1) is 0 Å². The van der Waals surface area contributed by atoms with Crippen molar-refractivity contribution >= 4 is 34.3 Å². The van der Waals surface area contributed by atoms with Gasteiger partial charge in [-0.2, -0.15) is 0 Å². The SMILES string of the molecule is O=C(O)c1cc(-c2ccccc2)ccc1C(=O)Nc1ccc(S(=O)Oc2ccc(NOCc3ccc(-c4ccccc4)cc3COO)cc2)cc1. The summed E-state index contributed by atoms with van der Waals surface area (Å²) in [6.45, 7) is 0.214. The van der Waals surface area contributed by atoms with Crippen molar-refractivity contribution in [2.45, 2.75) is 18.1 Å². The van der Waals surface area contributed by atoms with Gasteiger partial charge in [0, 0.05) is 5.69 Å². The molecule has 0 aliphatic rings. The number of rotatable bonds is 14. The van der Waals surface area contributed by atoms with Gasteiger partial charge in [-0.3, -0.25) is 20.4 Å². The molecule has 0 aromatic heterocycles. The highest BCUT2D eigenvalue weighted by atomic mass is 32.2. The summed E-state index contributed by atoms with van der Waals surface area (Å²) < 4.78 is 18.5. The number of carbonyl (C=O) groups excluding carboxylic acids is 1. The van der Waals surface area contributed by atoms with Gasteiger partial charge in [0.2, 0.25) is 11.1 Å². The standard InChI is InChI=1S/C40H32N2O8S/c43-39(37-22-13-30(24-38(37)40(44)45)28-9-5-2-6-10-28)41-33-16-20-36(21-17-33)51(47)50-35-18-14-34(15-19-35)42-48-25-31-12-11-29(23-32(31)26-49-46)27-7-3-1-4-8-27/h1-24,42,46H,25-26H2,(H,41,43)(H,44,45). The van der Waals surface area contributed by atoms with E-state index in [4.69, 9.17) is 14.3 Å². The molecule has 1 atom stereocenters. The highest BCUT2D eigenvalue weighted by Crippen LogP contribution is 2.26. The van der Waals surface area contributed by atoms with Crippen LogP contribution in [0.3, 0.4) is 0 Å². The second kappa shape index (κ2) is 16.5. The molecule has 4 N–H and O–H groups in total. The minimum Gasteiger partial charge on any atom is -0.478 e. The lowest BCUT2D eigenvalue weighted by Crippen LogP contribution is -2.16. The van der Waals surface area contributed by atoms with Gasteiger partial charge < -0.3 is 14.6 Å². The summed E-state index contributed by atoms with van der Waals surface area (Å²) in [7, 11) is 0. The van der Waals surface area contributed by atoms with Crippen LogP contribution >= 0.6 is 0 Å². The maximum Gasteiger partial charge on any atom is 0.336 e. The number of carboxylic acid groups (broad SMARTS) is 1. The van der Waals surface area contributed by atoms with Crippen molar-refractivity contribution in [3.05, 3.63) is 168 Å². The molecule has 6 rings (SSSR count). The Morgan fingerprint density at radius 2 is 1.22 bits per heavy atom. The minimum absolute atomic E-state index is 0.0114. The molecule has 51 heavy (non-hydrogen) atoms. The van der Waals surface area contributed by atoms with Gasteiger partial charge in [0.15, 0.2) is 0 Å². The average Bonchev–Trinajstić information content (AvgIpc) is 3.17. The van der Waals surface area contributed by atoms with E-state index in [0.717, 1.165) is 27.8 Å². The number of nitrogens with one attached hydrogen (secondary N) is 2. The van der Waals surface area contributed by atoms with Crippen LogP contribution in [0.2, 0.25) is 0 Å². The maximum atomic E-state index is 13.0. The predicted molar refractivity (Wildman–Crippen MR) is 194 cm³/mol. The lowest BCUT2D eigenvalue weighted by Gasteiger charge is -2.13. The van der Waals surface area contributed by atoms with E-state index in [-0.39, 0.29) is 24.3 Å². The Labute approximate surface area is 296 Å². The minimum atomic E-state index is -1.85. The fourth-order valence-electron chi connectivity index (χ4n) is 5.27. The highest BCUT2D eigenvalue weighted by Gasteiger charge is 2.18. The summed E-state index contributed by atoms with van der Waals surface area (Å²) in [5.74, 6) is -1.45. The van der Waals surface area contributed by atoms with Crippen LogP contribution < -0.4 is 15.0 Å². The molecular formula is C40H32N2O8S. The molecule has 1 unspecified atom stereocenters. The summed E-state index contributed by atoms with van der Waals surface area (Å²) in [4.78, 5) is 35.5. The number of benzene rings is 6. The number of hydrogen-bond donors (Lipinski definition) is 4. The molecule has 6 aromatic carbocycles. The number of hydrogen-bond acceptors (Lipinski definition) is 8. The van der Waals surface area contributed by atoms with Crippen LogP contribution in [0.5, 0.6) is 5.75 Å². The fraction of sp³-hybridized carbons (Fsp3) is 0.0500. The summed E-state index contributed by atoms with van der Waals surface area (Å²) in [6.07, 6.45) is 0. The molecule has 0 bridgehead atoms. The summed E-state index contributed by atoms with van der Waals surface area (Å²) in [5.41, 5.74) is 8.96. The van der Waals surface area contributed by atoms with Crippen LogP contribution in [0.4, 0.5) is 11.4 Å². The van der Waals surface area contributed by atoms with Crippen LogP contribution in [0.1, 0.15) is 31.8 Å². The van der Waals surface area contributed by atoms with Gasteiger partial charge in [0.25, 0.3) is 5.91 Å². The molecule has 0 radical (unpaired) electrons. The van der Waals surface area contributed by atoms with E-state index in [0.29, 0.717) is 27.6 Å². The Bertz CT molecular complexity index is 2140. The van der Waals surface area contributed by atoms with E-state index in [1.807, 2.05) is 78.9 Å². The van der Waals surface area contributed by atoms with Gasteiger partial charge in [-0.05, 0) is 100 Å². The fourth-order valence-corrected chi connectivity index (χ4v) is 6.01. The predicted octanol–water partition coefficient (Wildman–Crippen LogP) is 8.61.